The van der Waals surface area contributed by atoms with E-state index in [0.29, 0.717) is 18.4 Å². The average molecular weight is 202 g/mol. The molecule has 0 radical (unpaired) electrons. The molecule has 2 nitrogen and oxygen atoms in total. The highest BCUT2D eigenvalue weighted by atomic mass is 16.2. The van der Waals surface area contributed by atoms with Crippen LogP contribution >= 0.6 is 0 Å². The first-order chi connectivity index (χ1) is 7.24. The van der Waals surface area contributed by atoms with Crippen LogP contribution in [0.15, 0.2) is 24.3 Å². The van der Waals surface area contributed by atoms with Crippen LogP contribution in [-0.4, -0.2) is 17.5 Å². The molecule has 1 aromatic carbocycles. The molecule has 15 heavy (non-hydrogen) atoms. The Morgan fingerprint density at radius 2 is 2.27 bits per heavy atom. The highest BCUT2D eigenvalue weighted by Gasteiger charge is 1.97. The van der Waals surface area contributed by atoms with Gasteiger partial charge in [0, 0.05) is 24.2 Å². The summed E-state index contributed by atoms with van der Waals surface area (Å²) in [5.74, 6) is 5.96. The number of Topliss-reactive ketones (excluding diaryl/α,β-unsaturated/α-hetero) is 1. The average Bonchev–Trinajstić information content (AvgIpc) is 2.25. The fourth-order valence-electron chi connectivity index (χ4n) is 1.15. The maximum atomic E-state index is 11.1. The molecule has 0 aliphatic heterocycles. The summed E-state index contributed by atoms with van der Waals surface area (Å²) < 4.78 is 0. The minimum atomic E-state index is 0.0500. The van der Waals surface area contributed by atoms with E-state index in [2.05, 4.69) is 11.8 Å². The first-order valence-electron chi connectivity index (χ1n) is 4.95. The van der Waals surface area contributed by atoms with Crippen molar-refractivity contribution < 1.29 is 9.90 Å². The van der Waals surface area contributed by atoms with Gasteiger partial charge in [-0.3, -0.25) is 4.79 Å². The molecule has 1 aromatic rings. The second kappa shape index (κ2) is 6.00. The molecule has 0 fully saturated rings. The molecule has 78 valence electrons. The summed E-state index contributed by atoms with van der Waals surface area (Å²) >= 11 is 0. The van der Waals surface area contributed by atoms with Gasteiger partial charge in [-0.1, -0.05) is 24.0 Å². The van der Waals surface area contributed by atoms with E-state index in [0.717, 1.165) is 5.56 Å². The van der Waals surface area contributed by atoms with Crippen LogP contribution in [0.25, 0.3) is 0 Å². The Kier molecular flexibility index (Phi) is 4.59. The number of aliphatic hydroxyl groups excluding tert-OH is 1. The summed E-state index contributed by atoms with van der Waals surface area (Å²) in [4.78, 5) is 11.1. The van der Waals surface area contributed by atoms with Crippen LogP contribution in [0.1, 0.15) is 35.7 Å². The van der Waals surface area contributed by atoms with Crippen LogP contribution in [0.3, 0.4) is 0 Å². The van der Waals surface area contributed by atoms with Gasteiger partial charge in [-0.15, -0.1) is 0 Å². The quantitative estimate of drug-likeness (QED) is 0.462. The van der Waals surface area contributed by atoms with Crippen LogP contribution < -0.4 is 0 Å². The number of hydrogen-bond acceptors (Lipinski definition) is 2. The second-order valence-electron chi connectivity index (χ2n) is 3.27. The Balaban J connectivity index is 2.72. The zero-order chi connectivity index (χ0) is 11.1. The Labute approximate surface area is 89.9 Å². The number of aliphatic hydroxyl groups is 1. The number of rotatable bonds is 3. The molecular formula is C13H14O2. The fraction of sp³-hybridized carbons (Fsp3) is 0.308. The van der Waals surface area contributed by atoms with Gasteiger partial charge in [-0.25, -0.2) is 0 Å². The Bertz CT molecular complexity index is 396. The molecule has 1 rings (SSSR count). The topological polar surface area (TPSA) is 37.3 Å². The molecule has 0 unspecified atom stereocenters. The first-order valence-corrected chi connectivity index (χ1v) is 4.95. The number of ketones is 1. The number of hydrogen-bond donors (Lipinski definition) is 1. The molecule has 0 aliphatic carbocycles. The summed E-state index contributed by atoms with van der Waals surface area (Å²) in [5.41, 5.74) is 1.53. The molecule has 0 heterocycles. The summed E-state index contributed by atoms with van der Waals surface area (Å²) in [6, 6.07) is 7.26. The van der Waals surface area contributed by atoms with E-state index >= 15 is 0 Å². The van der Waals surface area contributed by atoms with E-state index in [1.807, 2.05) is 12.1 Å². The highest BCUT2D eigenvalue weighted by molar-refractivity contribution is 5.94. The molecule has 0 aliphatic rings. The van der Waals surface area contributed by atoms with Crippen molar-refractivity contribution in [1.29, 1.82) is 0 Å². The SMILES string of the molecule is CC(=O)c1cccc(C#CCCCO)c1. The number of carbonyl (C=O) groups is 1. The van der Waals surface area contributed by atoms with Gasteiger partial charge < -0.3 is 5.11 Å². The number of unbranched alkanes of at least 4 members (excludes halogenated alkanes) is 1. The van der Waals surface area contributed by atoms with Gasteiger partial charge in [0.15, 0.2) is 5.78 Å². The van der Waals surface area contributed by atoms with Crippen molar-refractivity contribution >= 4 is 5.78 Å². The Hall–Kier alpha value is -1.59. The van der Waals surface area contributed by atoms with Gasteiger partial charge in [0.05, 0.1) is 0 Å². The van der Waals surface area contributed by atoms with Gasteiger partial charge in [0.25, 0.3) is 0 Å². The van der Waals surface area contributed by atoms with Crippen molar-refractivity contribution in [2.75, 3.05) is 6.61 Å². The van der Waals surface area contributed by atoms with Gasteiger partial charge >= 0.3 is 0 Å². The van der Waals surface area contributed by atoms with E-state index in [9.17, 15) is 4.79 Å². The van der Waals surface area contributed by atoms with Crippen molar-refractivity contribution in [3.8, 4) is 11.8 Å². The van der Waals surface area contributed by atoms with Gasteiger partial charge in [-0.2, -0.15) is 0 Å². The zero-order valence-corrected chi connectivity index (χ0v) is 8.79. The smallest absolute Gasteiger partial charge is 0.159 e. The molecule has 0 amide bonds. The van der Waals surface area contributed by atoms with Crippen molar-refractivity contribution in [3.05, 3.63) is 35.4 Å². The van der Waals surface area contributed by atoms with E-state index in [1.165, 1.54) is 6.92 Å². The lowest BCUT2D eigenvalue weighted by atomic mass is 10.1. The van der Waals surface area contributed by atoms with Crippen LogP contribution in [0, 0.1) is 11.8 Å². The molecular weight excluding hydrogens is 188 g/mol. The van der Waals surface area contributed by atoms with Gasteiger partial charge in [0.1, 0.15) is 0 Å². The predicted octanol–water partition coefficient (Wildman–Crippen LogP) is 2.01. The van der Waals surface area contributed by atoms with Crippen molar-refractivity contribution in [1.82, 2.24) is 0 Å². The number of benzene rings is 1. The van der Waals surface area contributed by atoms with E-state index in [4.69, 9.17) is 5.11 Å². The molecule has 1 N–H and O–H groups in total. The van der Waals surface area contributed by atoms with E-state index in [-0.39, 0.29) is 12.4 Å². The molecule has 0 saturated heterocycles. The zero-order valence-electron chi connectivity index (χ0n) is 8.79. The lowest BCUT2D eigenvalue weighted by molar-refractivity contribution is 0.101. The highest BCUT2D eigenvalue weighted by Crippen LogP contribution is 2.04. The van der Waals surface area contributed by atoms with Gasteiger partial charge in [-0.05, 0) is 25.5 Å². The summed E-state index contributed by atoms with van der Waals surface area (Å²) in [7, 11) is 0. The molecule has 2 heteroatoms. The second-order valence-corrected chi connectivity index (χ2v) is 3.27. The maximum Gasteiger partial charge on any atom is 0.159 e. The molecule has 0 saturated carbocycles. The summed E-state index contributed by atoms with van der Waals surface area (Å²) in [5, 5.41) is 8.57. The summed E-state index contributed by atoms with van der Waals surface area (Å²) in [6.45, 7) is 1.71. The van der Waals surface area contributed by atoms with Crippen LogP contribution in [0.4, 0.5) is 0 Å². The largest absolute Gasteiger partial charge is 0.396 e. The maximum absolute atomic E-state index is 11.1. The van der Waals surface area contributed by atoms with E-state index in [1.54, 1.807) is 12.1 Å². The van der Waals surface area contributed by atoms with Crippen molar-refractivity contribution in [2.24, 2.45) is 0 Å². The fourth-order valence-corrected chi connectivity index (χ4v) is 1.15. The van der Waals surface area contributed by atoms with Crippen molar-refractivity contribution in [2.45, 2.75) is 19.8 Å². The Morgan fingerprint density at radius 1 is 1.47 bits per heavy atom. The molecule has 0 bridgehead atoms. The lowest BCUT2D eigenvalue weighted by Gasteiger charge is -1.95. The predicted molar refractivity (Wildman–Crippen MR) is 59.6 cm³/mol. The minimum absolute atomic E-state index is 0.0500. The van der Waals surface area contributed by atoms with Crippen LogP contribution in [0.5, 0.6) is 0 Å². The normalized spacial score (nSPS) is 9.20. The molecule has 0 atom stereocenters. The summed E-state index contributed by atoms with van der Waals surface area (Å²) in [6.07, 6.45) is 1.38. The third kappa shape index (κ3) is 3.97. The van der Waals surface area contributed by atoms with Crippen LogP contribution in [-0.2, 0) is 0 Å². The number of carbonyl (C=O) groups excluding carboxylic acids is 1. The molecule has 0 aromatic heterocycles. The lowest BCUT2D eigenvalue weighted by Crippen LogP contribution is -1.91. The van der Waals surface area contributed by atoms with Gasteiger partial charge in [0.2, 0.25) is 0 Å². The first kappa shape index (κ1) is 11.5. The molecule has 0 spiro atoms. The third-order valence-electron chi connectivity index (χ3n) is 1.96. The van der Waals surface area contributed by atoms with Crippen molar-refractivity contribution in [3.63, 3.8) is 0 Å². The monoisotopic (exact) mass is 202 g/mol. The standard InChI is InChI=1S/C13H14O2/c1-11(15)13-8-5-7-12(10-13)6-3-2-4-9-14/h5,7-8,10,14H,2,4,9H2,1H3. The Morgan fingerprint density at radius 3 is 2.93 bits per heavy atom. The van der Waals surface area contributed by atoms with E-state index < -0.39 is 0 Å². The third-order valence-corrected chi connectivity index (χ3v) is 1.96. The minimum Gasteiger partial charge on any atom is -0.396 e. The van der Waals surface area contributed by atoms with Crippen LogP contribution in [0.2, 0.25) is 0 Å².